The Morgan fingerprint density at radius 3 is 2.41 bits per heavy atom. The lowest BCUT2D eigenvalue weighted by molar-refractivity contribution is -0.120. The number of piperidine rings is 1. The Kier molecular flexibility index (Phi) is 5.30. The van der Waals surface area contributed by atoms with Crippen LogP contribution >= 0.6 is 0 Å². The van der Waals surface area contributed by atoms with E-state index in [1.54, 1.807) is 17.6 Å². The number of esters is 1. The van der Waals surface area contributed by atoms with Crippen LogP contribution in [-0.2, 0) is 9.53 Å². The first-order valence-corrected chi connectivity index (χ1v) is 10.5. The van der Waals surface area contributed by atoms with Crippen LogP contribution in [0.2, 0.25) is 0 Å². The van der Waals surface area contributed by atoms with Crippen LogP contribution in [0.25, 0.3) is 10.9 Å². The molecule has 2 fully saturated rings. The summed E-state index contributed by atoms with van der Waals surface area (Å²) in [5.41, 5.74) is 0.608. The Bertz CT molecular complexity index is 996. The molecule has 1 aromatic heterocycles. The van der Waals surface area contributed by atoms with Crippen LogP contribution in [0.5, 0.6) is 0 Å². The minimum atomic E-state index is -0.542. The average molecular weight is 396 g/mol. The van der Waals surface area contributed by atoms with Gasteiger partial charge in [-0.1, -0.05) is 18.2 Å². The summed E-state index contributed by atoms with van der Waals surface area (Å²) in [5, 5.41) is 0.851. The van der Waals surface area contributed by atoms with Gasteiger partial charge in [0.2, 0.25) is 0 Å². The van der Waals surface area contributed by atoms with Crippen LogP contribution in [-0.4, -0.2) is 46.0 Å². The molecule has 2 aromatic rings. The molecule has 0 radical (unpaired) electrons. The number of benzene rings is 1. The largest absolute Gasteiger partial charge is 0.459 e. The van der Waals surface area contributed by atoms with E-state index in [0.717, 1.165) is 36.6 Å². The predicted molar refractivity (Wildman–Crippen MR) is 111 cm³/mol. The van der Waals surface area contributed by atoms with Crippen LogP contribution < -0.4 is 5.56 Å². The molecule has 6 heteroatoms. The number of carbonyl (C=O) groups excluding carboxylic acids is 2. The highest BCUT2D eigenvalue weighted by Gasteiger charge is 2.42. The topological polar surface area (TPSA) is 68.6 Å². The fraction of sp³-hybridized carbons (Fsp3) is 0.522. The highest BCUT2D eigenvalue weighted by molar-refractivity contribution is 5.94. The Morgan fingerprint density at radius 2 is 1.79 bits per heavy atom. The van der Waals surface area contributed by atoms with E-state index in [9.17, 15) is 14.4 Å². The molecule has 2 saturated heterocycles. The van der Waals surface area contributed by atoms with Crippen LogP contribution in [0.4, 0.5) is 0 Å². The lowest BCUT2D eigenvalue weighted by Crippen LogP contribution is -2.47. The minimum absolute atomic E-state index is 0.0641. The van der Waals surface area contributed by atoms with Gasteiger partial charge in [-0.25, -0.2) is 4.79 Å². The number of Topliss-reactive ketones (excluding diaryl/α,β-unsaturated/α-hetero) is 1. The van der Waals surface area contributed by atoms with E-state index in [2.05, 4.69) is 4.90 Å². The predicted octanol–water partition coefficient (Wildman–Crippen LogP) is 3.32. The third-order valence-corrected chi connectivity index (χ3v) is 6.20. The third kappa shape index (κ3) is 3.73. The number of ketones is 1. The molecule has 4 rings (SSSR count). The molecule has 1 unspecified atom stereocenters. The van der Waals surface area contributed by atoms with Gasteiger partial charge in [0.25, 0.3) is 5.56 Å². The standard InChI is InChI=1S/C23H28N2O4/c1-14(2)25-21-7-5-4-6-16(21)10-20(22(25)27)23(28)29-19-11-17-8-9-18(12-19)24(17)13-15(3)26/h4-7,10,14,17-19H,8-9,11-13H2,1-3H3/t17-,18+,19?. The zero-order valence-corrected chi connectivity index (χ0v) is 17.3. The van der Waals surface area contributed by atoms with Crippen molar-refractivity contribution in [1.82, 2.24) is 9.47 Å². The van der Waals surface area contributed by atoms with Crippen molar-refractivity contribution in [2.45, 2.75) is 70.7 Å². The van der Waals surface area contributed by atoms with E-state index in [1.165, 1.54) is 0 Å². The summed E-state index contributed by atoms with van der Waals surface area (Å²) >= 11 is 0. The Labute approximate surface area is 170 Å². The van der Waals surface area contributed by atoms with Crippen LogP contribution in [0.3, 0.4) is 0 Å². The van der Waals surface area contributed by atoms with Gasteiger partial charge in [0.1, 0.15) is 17.5 Å². The lowest BCUT2D eigenvalue weighted by Gasteiger charge is -2.37. The summed E-state index contributed by atoms with van der Waals surface area (Å²) < 4.78 is 7.47. The first-order chi connectivity index (χ1) is 13.8. The van der Waals surface area contributed by atoms with Gasteiger partial charge in [0.15, 0.2) is 0 Å². The van der Waals surface area contributed by atoms with Gasteiger partial charge >= 0.3 is 5.97 Å². The van der Waals surface area contributed by atoms with Crippen molar-refractivity contribution in [3.63, 3.8) is 0 Å². The van der Waals surface area contributed by atoms with Gasteiger partial charge in [-0.05, 0) is 51.1 Å². The van der Waals surface area contributed by atoms with Gasteiger partial charge in [-0.2, -0.15) is 0 Å². The maximum Gasteiger partial charge on any atom is 0.344 e. The maximum atomic E-state index is 13.0. The molecule has 6 nitrogen and oxygen atoms in total. The van der Waals surface area contributed by atoms with Crippen LogP contribution in [0, 0.1) is 0 Å². The number of hydrogen-bond donors (Lipinski definition) is 0. The molecular formula is C23H28N2O4. The summed E-state index contributed by atoms with van der Waals surface area (Å²) in [6, 6.07) is 9.74. The number of ether oxygens (including phenoxy) is 1. The zero-order chi connectivity index (χ0) is 20.7. The summed E-state index contributed by atoms with van der Waals surface area (Å²) in [4.78, 5) is 39.8. The van der Waals surface area contributed by atoms with Crippen molar-refractivity contribution < 1.29 is 14.3 Å². The molecule has 0 saturated carbocycles. The molecular weight excluding hydrogens is 368 g/mol. The summed E-state index contributed by atoms with van der Waals surface area (Å²) in [7, 11) is 0. The number of aromatic nitrogens is 1. The monoisotopic (exact) mass is 396 g/mol. The van der Waals surface area contributed by atoms with Crippen molar-refractivity contribution in [2.24, 2.45) is 0 Å². The van der Waals surface area contributed by atoms with Crippen molar-refractivity contribution in [3.8, 4) is 0 Å². The number of pyridine rings is 1. The van der Waals surface area contributed by atoms with Crippen molar-refractivity contribution in [3.05, 3.63) is 46.2 Å². The van der Waals surface area contributed by atoms with Gasteiger partial charge in [0, 0.05) is 31.0 Å². The smallest absolute Gasteiger partial charge is 0.344 e. The summed E-state index contributed by atoms with van der Waals surface area (Å²) in [6.07, 6.45) is 3.30. The molecule has 2 aliphatic rings. The second-order valence-electron chi connectivity index (χ2n) is 8.64. The molecule has 3 heterocycles. The fourth-order valence-corrected chi connectivity index (χ4v) is 4.99. The Balaban J connectivity index is 1.57. The number of hydrogen-bond acceptors (Lipinski definition) is 5. The van der Waals surface area contributed by atoms with E-state index in [0.29, 0.717) is 6.54 Å². The van der Waals surface area contributed by atoms with E-state index in [-0.39, 0.29) is 41.1 Å². The Morgan fingerprint density at radius 1 is 1.14 bits per heavy atom. The fourth-order valence-electron chi connectivity index (χ4n) is 4.99. The molecule has 1 aromatic carbocycles. The molecule has 0 N–H and O–H groups in total. The number of para-hydroxylation sites is 1. The normalized spacial score (nSPS) is 24.2. The minimum Gasteiger partial charge on any atom is -0.459 e. The van der Waals surface area contributed by atoms with Gasteiger partial charge in [-0.15, -0.1) is 0 Å². The second-order valence-corrected chi connectivity index (χ2v) is 8.64. The summed E-state index contributed by atoms with van der Waals surface area (Å²) in [5.74, 6) is -0.373. The number of carbonyl (C=O) groups is 2. The highest BCUT2D eigenvalue weighted by Crippen LogP contribution is 2.37. The lowest BCUT2D eigenvalue weighted by atomic mass is 9.99. The maximum absolute atomic E-state index is 13.0. The van der Waals surface area contributed by atoms with E-state index < -0.39 is 5.97 Å². The molecule has 2 bridgehead atoms. The van der Waals surface area contributed by atoms with Crippen LogP contribution in [0.1, 0.15) is 62.9 Å². The van der Waals surface area contributed by atoms with E-state index in [1.807, 2.05) is 38.1 Å². The first kappa shape index (κ1) is 19.8. The molecule has 0 aliphatic carbocycles. The van der Waals surface area contributed by atoms with Gasteiger partial charge in [-0.3, -0.25) is 14.5 Å². The SMILES string of the molecule is CC(=O)CN1[C@@H]2CC[C@H]1CC(OC(=O)c1cc3ccccc3n(C(C)C)c1=O)C2. The van der Waals surface area contributed by atoms with Gasteiger partial charge in [0.05, 0.1) is 12.1 Å². The molecule has 2 aliphatic heterocycles. The van der Waals surface area contributed by atoms with Crippen LogP contribution in [0.15, 0.2) is 35.1 Å². The van der Waals surface area contributed by atoms with Crippen molar-refractivity contribution >= 4 is 22.7 Å². The average Bonchev–Trinajstić information content (AvgIpc) is 2.88. The molecule has 0 spiro atoms. The Hall–Kier alpha value is -2.47. The molecule has 0 amide bonds. The zero-order valence-electron chi connectivity index (χ0n) is 17.3. The number of rotatable bonds is 5. The quantitative estimate of drug-likeness (QED) is 0.725. The second kappa shape index (κ2) is 7.75. The molecule has 29 heavy (non-hydrogen) atoms. The third-order valence-electron chi connectivity index (χ3n) is 6.20. The van der Waals surface area contributed by atoms with Gasteiger partial charge < -0.3 is 9.30 Å². The number of nitrogens with zero attached hydrogens (tertiary/aromatic N) is 2. The summed E-state index contributed by atoms with van der Waals surface area (Å²) in [6.45, 7) is 5.96. The highest BCUT2D eigenvalue weighted by atomic mass is 16.5. The molecule has 3 atom stereocenters. The van der Waals surface area contributed by atoms with E-state index in [4.69, 9.17) is 4.74 Å². The van der Waals surface area contributed by atoms with E-state index >= 15 is 0 Å². The number of fused-ring (bicyclic) bond motifs is 3. The van der Waals surface area contributed by atoms with Crippen molar-refractivity contribution in [1.29, 1.82) is 0 Å². The first-order valence-electron chi connectivity index (χ1n) is 10.5. The van der Waals surface area contributed by atoms with Crippen molar-refractivity contribution in [2.75, 3.05) is 6.54 Å². The molecule has 154 valence electrons.